The average molecular weight is 598 g/mol. The van der Waals surface area contributed by atoms with E-state index < -0.39 is 88.8 Å². The number of nitrogens with one attached hydrogen (secondary N) is 1. The summed E-state index contributed by atoms with van der Waals surface area (Å²) in [7, 11) is -4.83. The maximum atomic E-state index is 12.9. The molecule has 7 atom stereocenters. The van der Waals surface area contributed by atoms with Crippen LogP contribution < -0.4 is 11.1 Å². The van der Waals surface area contributed by atoms with Crippen molar-refractivity contribution >= 4 is 50.3 Å². The number of ether oxygens (including phenoxy) is 2. The van der Waals surface area contributed by atoms with E-state index >= 15 is 0 Å². The molecule has 0 aliphatic carbocycles. The molecule has 2 amide bonds. The maximum absolute atomic E-state index is 12.9. The Kier molecular flexibility index (Phi) is 8.82. The summed E-state index contributed by atoms with van der Waals surface area (Å²) in [5.74, 6) is -3.23. The fraction of sp³-hybridized carbons (Fsp3) is 0.632. The Labute approximate surface area is 224 Å². The minimum atomic E-state index is -4.83. The number of carbonyl (C=O) groups is 3. The molecule has 0 bridgehead atoms. The molecule has 0 aromatic carbocycles. The van der Waals surface area contributed by atoms with Crippen molar-refractivity contribution in [1.82, 2.24) is 14.6 Å². The molecule has 3 heterocycles. The highest BCUT2D eigenvalue weighted by molar-refractivity contribution is 7.84. The van der Waals surface area contributed by atoms with Crippen LogP contribution in [0.5, 0.6) is 0 Å². The number of β-lactam (4-membered cyclic amide) rings is 1. The van der Waals surface area contributed by atoms with Crippen molar-refractivity contribution in [3.63, 3.8) is 0 Å². The van der Waals surface area contributed by atoms with E-state index in [1.54, 1.807) is 0 Å². The second kappa shape index (κ2) is 11.3. The largest absolute Gasteiger partial charge is 0.460 e. The van der Waals surface area contributed by atoms with Gasteiger partial charge in [0.15, 0.2) is 17.1 Å². The first-order valence-corrected chi connectivity index (χ1v) is 13.4. The molecule has 8 N–H and O–H groups in total. The highest BCUT2D eigenvalue weighted by Crippen LogP contribution is 2.24. The second-order valence-electron chi connectivity index (χ2n) is 9.05. The molecule has 1 aromatic heterocycles. The first-order chi connectivity index (χ1) is 18.0. The number of carbonyl (C=O) groups excluding carboxylic acids is 3. The highest BCUT2D eigenvalue weighted by Gasteiger charge is 2.52. The van der Waals surface area contributed by atoms with Crippen LogP contribution in [0.2, 0.25) is 0 Å². The molecule has 20 heteroatoms. The third kappa shape index (κ3) is 6.44. The third-order valence-electron chi connectivity index (χ3n) is 5.77. The standard InChI is InChI=1S/C19H27N5O13S2/c1-6-9(15(29)24(6)39(32,33)34)22-14(28)10(7-5-38-18(20)21-7)23-37-19(2,3)17(31)35-4-8-11(25)12(26)13(27)16(30)36-8/h5-6,8-9,11-13,16,25-27,30H,4H2,1-3H3,(H2,20,21)(H,22,28)(H,32,33,34)/b23-10-/t6-,8?,9-,11?,12?,13?,16?/m0/s1. The van der Waals surface area contributed by atoms with Crippen LogP contribution in [0.3, 0.4) is 0 Å². The van der Waals surface area contributed by atoms with Crippen molar-refractivity contribution in [1.29, 1.82) is 0 Å². The molecular weight excluding hydrogens is 570 g/mol. The minimum absolute atomic E-state index is 0.0374. The monoisotopic (exact) mass is 597 g/mol. The zero-order valence-corrected chi connectivity index (χ0v) is 22.2. The number of nitrogen functional groups attached to an aromatic ring is 1. The Bertz CT molecular complexity index is 1250. The number of oxime groups is 1. The first kappa shape index (κ1) is 30.6. The number of nitrogens with two attached hydrogens (primary N) is 1. The zero-order chi connectivity index (χ0) is 29.4. The average Bonchev–Trinajstić information content (AvgIpc) is 3.27. The lowest BCUT2D eigenvalue weighted by Crippen LogP contribution is -2.71. The zero-order valence-electron chi connectivity index (χ0n) is 20.6. The summed E-state index contributed by atoms with van der Waals surface area (Å²) >= 11 is 0.933. The molecule has 2 aliphatic rings. The summed E-state index contributed by atoms with van der Waals surface area (Å²) in [5.41, 5.74) is 3.08. The van der Waals surface area contributed by atoms with Gasteiger partial charge in [-0.15, -0.1) is 11.3 Å². The van der Waals surface area contributed by atoms with E-state index in [1.807, 2.05) is 0 Å². The molecule has 5 unspecified atom stereocenters. The fourth-order valence-electron chi connectivity index (χ4n) is 3.51. The Morgan fingerprint density at radius 1 is 1.26 bits per heavy atom. The molecule has 218 valence electrons. The van der Waals surface area contributed by atoms with Gasteiger partial charge in [0.25, 0.3) is 11.8 Å². The van der Waals surface area contributed by atoms with Crippen LogP contribution in [0.25, 0.3) is 0 Å². The molecule has 2 saturated heterocycles. The normalized spacial score (nSPS) is 29.9. The molecule has 1 aromatic rings. The minimum Gasteiger partial charge on any atom is -0.460 e. The van der Waals surface area contributed by atoms with Crippen LogP contribution in [0.1, 0.15) is 26.5 Å². The van der Waals surface area contributed by atoms with Crippen molar-refractivity contribution in [2.24, 2.45) is 5.16 Å². The van der Waals surface area contributed by atoms with E-state index in [4.69, 9.17) is 24.6 Å². The van der Waals surface area contributed by atoms with Crippen LogP contribution in [-0.2, 0) is 39.0 Å². The lowest BCUT2D eigenvalue weighted by molar-refractivity contribution is -0.288. The highest BCUT2D eigenvalue weighted by atomic mass is 32.2. The molecule has 3 rings (SSSR count). The Morgan fingerprint density at radius 3 is 2.44 bits per heavy atom. The second-order valence-corrected chi connectivity index (χ2v) is 11.2. The number of nitrogens with zero attached hydrogens (tertiary/aromatic N) is 3. The van der Waals surface area contributed by atoms with Crippen molar-refractivity contribution in [2.45, 2.75) is 69.2 Å². The van der Waals surface area contributed by atoms with Gasteiger partial charge >= 0.3 is 16.3 Å². The number of esters is 1. The van der Waals surface area contributed by atoms with Crippen molar-refractivity contribution < 1.29 is 62.1 Å². The van der Waals surface area contributed by atoms with E-state index in [9.17, 15) is 43.2 Å². The summed E-state index contributed by atoms with van der Waals surface area (Å²) in [4.78, 5) is 46.8. The fourth-order valence-corrected chi connectivity index (χ4v) is 4.94. The number of aliphatic hydroxyl groups excluding tert-OH is 4. The lowest BCUT2D eigenvalue weighted by atomic mass is 9.99. The van der Waals surface area contributed by atoms with Gasteiger partial charge in [0.2, 0.25) is 5.60 Å². The van der Waals surface area contributed by atoms with Crippen molar-refractivity contribution in [3.8, 4) is 0 Å². The molecule has 18 nitrogen and oxygen atoms in total. The van der Waals surface area contributed by atoms with Crippen LogP contribution in [0.15, 0.2) is 10.5 Å². The van der Waals surface area contributed by atoms with E-state index in [2.05, 4.69) is 15.5 Å². The SMILES string of the molecule is C[C@H]1[C@H](NC(=O)/C(=N\OC(C)(C)C(=O)OCC2OC(O)C(O)C(O)C2O)c2csc(N)n2)C(=O)N1S(=O)(=O)O. The lowest BCUT2D eigenvalue weighted by Gasteiger charge is -2.42. The molecule has 2 aliphatic heterocycles. The summed E-state index contributed by atoms with van der Waals surface area (Å²) in [6.45, 7) is 3.01. The van der Waals surface area contributed by atoms with Gasteiger partial charge in [0, 0.05) is 5.38 Å². The quantitative estimate of drug-likeness (QED) is 0.0471. The number of anilines is 1. The Hall–Kier alpha value is -2.98. The summed E-state index contributed by atoms with van der Waals surface area (Å²) in [6.07, 6.45) is -8.49. The molecular formula is C19H27N5O13S2. The van der Waals surface area contributed by atoms with Gasteiger partial charge in [-0.1, -0.05) is 5.16 Å². The number of rotatable bonds is 9. The molecule has 2 fully saturated rings. The molecule has 0 radical (unpaired) electrons. The van der Waals surface area contributed by atoms with E-state index in [0.29, 0.717) is 0 Å². The van der Waals surface area contributed by atoms with Gasteiger partial charge in [0.05, 0.1) is 6.04 Å². The van der Waals surface area contributed by atoms with Crippen molar-refractivity contribution in [2.75, 3.05) is 12.3 Å². The predicted molar refractivity (Wildman–Crippen MR) is 128 cm³/mol. The smallest absolute Gasteiger partial charge is 0.362 e. The number of hydrogen-bond donors (Lipinski definition) is 7. The molecule has 39 heavy (non-hydrogen) atoms. The third-order valence-corrected chi connectivity index (χ3v) is 7.46. The summed E-state index contributed by atoms with van der Waals surface area (Å²) < 4.78 is 41.9. The number of hydrogen-bond acceptors (Lipinski definition) is 16. The van der Waals surface area contributed by atoms with Crippen LogP contribution in [-0.4, -0.2) is 121 Å². The van der Waals surface area contributed by atoms with Crippen molar-refractivity contribution in [3.05, 3.63) is 11.1 Å². The van der Waals surface area contributed by atoms with Crippen LogP contribution in [0, 0.1) is 0 Å². The van der Waals surface area contributed by atoms with E-state index in [-0.39, 0.29) is 15.1 Å². The van der Waals surface area contributed by atoms with Gasteiger partial charge in [0.1, 0.15) is 42.8 Å². The predicted octanol–water partition coefficient (Wildman–Crippen LogP) is -3.91. The van der Waals surface area contributed by atoms with Crippen LogP contribution >= 0.6 is 11.3 Å². The first-order valence-electron chi connectivity index (χ1n) is 11.1. The Morgan fingerprint density at radius 2 is 1.90 bits per heavy atom. The number of thiazole rings is 1. The van der Waals surface area contributed by atoms with Gasteiger partial charge in [-0.05, 0) is 20.8 Å². The van der Waals surface area contributed by atoms with Crippen LogP contribution in [0.4, 0.5) is 5.13 Å². The maximum Gasteiger partial charge on any atom is 0.362 e. The Balaban J connectivity index is 1.71. The summed E-state index contributed by atoms with van der Waals surface area (Å²) in [5, 5.41) is 46.1. The number of amides is 2. The van der Waals surface area contributed by atoms with Gasteiger partial charge < -0.3 is 45.8 Å². The number of aliphatic hydroxyl groups is 4. The van der Waals surface area contributed by atoms with Gasteiger partial charge in [-0.25, -0.2) is 14.1 Å². The number of aromatic nitrogens is 1. The molecule has 0 saturated carbocycles. The van der Waals surface area contributed by atoms with Gasteiger partial charge in [-0.2, -0.15) is 8.42 Å². The topological polar surface area (TPSA) is 281 Å². The van der Waals surface area contributed by atoms with E-state index in [1.165, 1.54) is 26.2 Å². The summed E-state index contributed by atoms with van der Waals surface area (Å²) in [6, 6.07) is -2.47. The molecule has 0 spiro atoms. The van der Waals surface area contributed by atoms with Gasteiger partial charge in [-0.3, -0.25) is 14.1 Å². The van der Waals surface area contributed by atoms with E-state index in [0.717, 1.165) is 11.3 Å².